The molecule has 1 aliphatic heterocycles. The summed E-state index contributed by atoms with van der Waals surface area (Å²) >= 11 is 7.37. The summed E-state index contributed by atoms with van der Waals surface area (Å²) in [5.41, 5.74) is 1.13. The second kappa shape index (κ2) is 7.71. The molecule has 2 rings (SSSR count). The van der Waals surface area contributed by atoms with Crippen LogP contribution in [0.4, 0.5) is 0 Å². The Kier molecular flexibility index (Phi) is 5.94. The van der Waals surface area contributed by atoms with Crippen LogP contribution >= 0.6 is 23.4 Å². The molecule has 4 nitrogen and oxygen atoms in total. The fraction of sp³-hybridized carbons (Fsp3) is 0.467. The highest BCUT2D eigenvalue weighted by molar-refractivity contribution is 7.99. The lowest BCUT2D eigenvalue weighted by Crippen LogP contribution is -2.42. The van der Waals surface area contributed by atoms with Crippen molar-refractivity contribution in [2.24, 2.45) is 0 Å². The number of benzene rings is 1. The smallest absolute Gasteiger partial charge is 0.328 e. The number of methoxy groups -OCH3 is 1. The first kappa shape index (κ1) is 16.2. The van der Waals surface area contributed by atoms with Gasteiger partial charge in [-0.2, -0.15) is 0 Å². The lowest BCUT2D eigenvalue weighted by atomic mass is 10.2. The van der Waals surface area contributed by atoms with Gasteiger partial charge in [0.1, 0.15) is 6.04 Å². The summed E-state index contributed by atoms with van der Waals surface area (Å²) in [5.74, 6) is 0.806. The molecule has 0 radical (unpaired) electrons. The molecule has 1 aromatic rings. The number of esters is 1. The predicted octanol–water partition coefficient (Wildman–Crippen LogP) is 2.74. The molecule has 114 valence electrons. The second-order valence-electron chi connectivity index (χ2n) is 4.89. The van der Waals surface area contributed by atoms with Crippen molar-refractivity contribution in [3.8, 4) is 0 Å². The summed E-state index contributed by atoms with van der Waals surface area (Å²) in [5, 5.41) is 0.706. The number of carbonyl (C=O) groups is 2. The fourth-order valence-corrected chi connectivity index (χ4v) is 3.36. The van der Waals surface area contributed by atoms with Crippen molar-refractivity contribution < 1.29 is 14.3 Å². The largest absolute Gasteiger partial charge is 0.467 e. The first-order chi connectivity index (χ1) is 10.1. The molecule has 1 aromatic carbocycles. The molecule has 0 N–H and O–H groups in total. The SMILES string of the molecule is COC(=O)C1CCCN1C(=O)CSCc1ccc(Cl)cc1. The third kappa shape index (κ3) is 4.38. The first-order valence-electron chi connectivity index (χ1n) is 6.81. The van der Waals surface area contributed by atoms with E-state index in [4.69, 9.17) is 16.3 Å². The normalized spacial score (nSPS) is 17.8. The molecule has 1 heterocycles. The Bertz CT molecular complexity index is 506. The van der Waals surface area contributed by atoms with E-state index in [-0.39, 0.29) is 11.9 Å². The van der Waals surface area contributed by atoms with Gasteiger partial charge < -0.3 is 9.64 Å². The minimum absolute atomic E-state index is 0.00173. The van der Waals surface area contributed by atoms with Crippen LogP contribution in [0, 0.1) is 0 Å². The topological polar surface area (TPSA) is 46.6 Å². The Balaban J connectivity index is 1.81. The summed E-state index contributed by atoms with van der Waals surface area (Å²) in [4.78, 5) is 25.5. The molecule has 0 aromatic heterocycles. The average molecular weight is 328 g/mol. The van der Waals surface area contributed by atoms with Gasteiger partial charge in [0.2, 0.25) is 5.91 Å². The number of hydrogen-bond acceptors (Lipinski definition) is 4. The highest BCUT2D eigenvalue weighted by Gasteiger charge is 2.34. The monoisotopic (exact) mass is 327 g/mol. The molecule has 1 aliphatic rings. The van der Waals surface area contributed by atoms with Crippen LogP contribution in [0.2, 0.25) is 5.02 Å². The number of rotatable bonds is 5. The van der Waals surface area contributed by atoms with Crippen LogP contribution in [0.1, 0.15) is 18.4 Å². The number of carbonyl (C=O) groups excluding carboxylic acids is 2. The van der Waals surface area contributed by atoms with Crippen LogP contribution in [0.3, 0.4) is 0 Å². The van der Waals surface area contributed by atoms with Gasteiger partial charge in [0.15, 0.2) is 0 Å². The maximum absolute atomic E-state index is 12.2. The van der Waals surface area contributed by atoms with Crippen LogP contribution in [0.15, 0.2) is 24.3 Å². The van der Waals surface area contributed by atoms with Gasteiger partial charge in [0.05, 0.1) is 12.9 Å². The van der Waals surface area contributed by atoms with Gasteiger partial charge in [-0.3, -0.25) is 4.79 Å². The molecule has 0 spiro atoms. The zero-order valence-corrected chi connectivity index (χ0v) is 13.5. The summed E-state index contributed by atoms with van der Waals surface area (Å²) < 4.78 is 4.75. The quantitative estimate of drug-likeness (QED) is 0.780. The fourth-order valence-electron chi connectivity index (χ4n) is 2.37. The van der Waals surface area contributed by atoms with Crippen molar-refractivity contribution in [2.45, 2.75) is 24.6 Å². The van der Waals surface area contributed by atoms with Crippen LogP contribution < -0.4 is 0 Å². The van der Waals surface area contributed by atoms with Crippen molar-refractivity contribution in [3.05, 3.63) is 34.9 Å². The van der Waals surface area contributed by atoms with E-state index in [1.165, 1.54) is 7.11 Å². The highest BCUT2D eigenvalue weighted by atomic mass is 35.5. The minimum atomic E-state index is -0.404. The van der Waals surface area contributed by atoms with Crippen LogP contribution in [0.5, 0.6) is 0 Å². The molecular weight excluding hydrogens is 310 g/mol. The van der Waals surface area contributed by atoms with Gasteiger partial charge in [-0.1, -0.05) is 23.7 Å². The van der Waals surface area contributed by atoms with E-state index in [0.717, 1.165) is 17.7 Å². The minimum Gasteiger partial charge on any atom is -0.467 e. The maximum Gasteiger partial charge on any atom is 0.328 e. The van der Waals surface area contributed by atoms with Gasteiger partial charge in [-0.15, -0.1) is 11.8 Å². The number of likely N-dealkylation sites (tertiary alicyclic amines) is 1. The van der Waals surface area contributed by atoms with Crippen LogP contribution in [-0.4, -0.2) is 42.2 Å². The molecule has 0 saturated carbocycles. The van der Waals surface area contributed by atoms with Crippen LogP contribution in [-0.2, 0) is 20.1 Å². The maximum atomic E-state index is 12.2. The second-order valence-corrected chi connectivity index (χ2v) is 6.31. The third-order valence-corrected chi connectivity index (χ3v) is 4.69. The van der Waals surface area contributed by atoms with Crippen LogP contribution in [0.25, 0.3) is 0 Å². The lowest BCUT2D eigenvalue weighted by molar-refractivity contribution is -0.150. The number of nitrogens with zero attached hydrogens (tertiary/aromatic N) is 1. The van der Waals surface area contributed by atoms with Crippen molar-refractivity contribution in [1.29, 1.82) is 0 Å². The number of ether oxygens (including phenoxy) is 1. The zero-order chi connectivity index (χ0) is 15.2. The van der Waals surface area contributed by atoms with Crippen molar-refractivity contribution >= 4 is 35.2 Å². The lowest BCUT2D eigenvalue weighted by Gasteiger charge is -2.22. The molecular formula is C15H18ClNO3S. The number of halogens is 1. The Hall–Kier alpha value is -1.20. The average Bonchev–Trinajstić information content (AvgIpc) is 2.98. The molecule has 1 unspecified atom stereocenters. The van der Waals surface area contributed by atoms with Gasteiger partial charge >= 0.3 is 5.97 Å². The van der Waals surface area contributed by atoms with E-state index in [1.807, 2.05) is 24.3 Å². The van der Waals surface area contributed by atoms with E-state index in [0.29, 0.717) is 23.7 Å². The van der Waals surface area contributed by atoms with E-state index in [9.17, 15) is 9.59 Å². The number of amides is 1. The van der Waals surface area contributed by atoms with E-state index >= 15 is 0 Å². The Morgan fingerprint density at radius 2 is 2.10 bits per heavy atom. The molecule has 0 aliphatic carbocycles. The van der Waals surface area contributed by atoms with Gasteiger partial charge in [0, 0.05) is 17.3 Å². The van der Waals surface area contributed by atoms with E-state index < -0.39 is 6.04 Å². The highest BCUT2D eigenvalue weighted by Crippen LogP contribution is 2.21. The van der Waals surface area contributed by atoms with Gasteiger partial charge in [-0.05, 0) is 30.5 Å². The van der Waals surface area contributed by atoms with Gasteiger partial charge in [-0.25, -0.2) is 4.79 Å². The number of thioether (sulfide) groups is 1. The van der Waals surface area contributed by atoms with E-state index in [1.54, 1.807) is 16.7 Å². The number of hydrogen-bond donors (Lipinski definition) is 0. The molecule has 1 saturated heterocycles. The standard InChI is InChI=1S/C15H18ClNO3S/c1-20-15(19)13-3-2-8-17(13)14(18)10-21-9-11-4-6-12(16)7-5-11/h4-7,13H,2-3,8-10H2,1H3. The van der Waals surface area contributed by atoms with Crippen molar-refractivity contribution in [2.75, 3.05) is 19.4 Å². The molecule has 1 fully saturated rings. The van der Waals surface area contributed by atoms with E-state index in [2.05, 4.69) is 0 Å². The molecule has 1 amide bonds. The predicted molar refractivity (Wildman–Crippen MR) is 84.4 cm³/mol. The Morgan fingerprint density at radius 3 is 2.76 bits per heavy atom. The van der Waals surface area contributed by atoms with Crippen molar-refractivity contribution in [3.63, 3.8) is 0 Å². The summed E-state index contributed by atoms with van der Waals surface area (Å²) in [6.07, 6.45) is 1.55. The third-order valence-electron chi connectivity index (χ3n) is 3.45. The molecule has 1 atom stereocenters. The summed E-state index contributed by atoms with van der Waals surface area (Å²) in [7, 11) is 1.36. The molecule has 21 heavy (non-hydrogen) atoms. The first-order valence-corrected chi connectivity index (χ1v) is 8.34. The van der Waals surface area contributed by atoms with Gasteiger partial charge in [0.25, 0.3) is 0 Å². The Labute approximate surface area is 133 Å². The molecule has 6 heteroatoms. The Morgan fingerprint density at radius 1 is 1.38 bits per heavy atom. The zero-order valence-electron chi connectivity index (χ0n) is 11.9. The summed E-state index contributed by atoms with van der Waals surface area (Å²) in [6, 6.07) is 7.18. The van der Waals surface area contributed by atoms with Crippen molar-refractivity contribution in [1.82, 2.24) is 4.90 Å². The summed E-state index contributed by atoms with van der Waals surface area (Å²) in [6.45, 7) is 0.639. The molecule has 0 bridgehead atoms.